The van der Waals surface area contributed by atoms with Crippen LogP contribution in [0.15, 0.2) is 0 Å². The van der Waals surface area contributed by atoms with Crippen molar-refractivity contribution >= 4 is 5.97 Å². The van der Waals surface area contributed by atoms with Gasteiger partial charge in [-0.15, -0.1) is 0 Å². The van der Waals surface area contributed by atoms with Gasteiger partial charge in [0.05, 0.1) is 6.10 Å². The maximum atomic E-state index is 10.6. The van der Waals surface area contributed by atoms with Crippen molar-refractivity contribution in [2.75, 3.05) is 0 Å². The Hall–Kier alpha value is -0.610. The lowest BCUT2D eigenvalue weighted by atomic mass is 10.1. The fourth-order valence-electron chi connectivity index (χ4n) is 0.945. The molecule has 1 unspecified atom stereocenters. The Morgan fingerprint density at radius 2 is 2.08 bits per heavy atom. The van der Waals surface area contributed by atoms with E-state index in [-0.39, 0.29) is 12.5 Å². The van der Waals surface area contributed by atoms with Gasteiger partial charge in [-0.3, -0.25) is 0 Å². The predicted molar refractivity (Wildman–Crippen MR) is 43.7 cm³/mol. The van der Waals surface area contributed by atoms with Gasteiger partial charge in [-0.25, -0.2) is 4.79 Å². The zero-order valence-electron chi connectivity index (χ0n) is 7.70. The molecule has 0 amide bonds. The fraction of sp³-hybridized carbons (Fsp3) is 0.875. The van der Waals surface area contributed by atoms with Crippen LogP contribution in [0, 0.1) is 0 Å². The maximum absolute atomic E-state index is 10.6. The first-order chi connectivity index (χ1) is 5.42. The van der Waals surface area contributed by atoms with Crippen molar-refractivity contribution in [2.45, 2.75) is 45.5 Å². The zero-order chi connectivity index (χ0) is 9.78. The van der Waals surface area contributed by atoms with Gasteiger partial charge in [-0.2, -0.15) is 0 Å². The van der Waals surface area contributed by atoms with Gasteiger partial charge in [0.15, 0.2) is 0 Å². The molecular weight excluding hydrogens is 160 g/mol. The minimum absolute atomic E-state index is 0.112. The number of aliphatic carboxylic acids is 1. The molecule has 1 atom stereocenters. The van der Waals surface area contributed by atoms with Crippen LogP contribution < -0.4 is 0 Å². The van der Waals surface area contributed by atoms with Gasteiger partial charge in [0.1, 0.15) is 0 Å². The van der Waals surface area contributed by atoms with E-state index in [0.29, 0.717) is 6.42 Å². The van der Waals surface area contributed by atoms with Crippen molar-refractivity contribution in [1.82, 2.24) is 0 Å². The van der Waals surface area contributed by atoms with Gasteiger partial charge in [0.25, 0.3) is 5.79 Å². The topological polar surface area (TPSA) is 66.8 Å². The largest absolute Gasteiger partial charge is 0.477 e. The average molecular weight is 176 g/mol. The SMILES string of the molecule is CCCC(O)(OC(C)C)C(=O)O. The quantitative estimate of drug-likeness (QED) is 0.613. The van der Waals surface area contributed by atoms with E-state index in [2.05, 4.69) is 0 Å². The second-order valence-corrected chi connectivity index (χ2v) is 3.01. The van der Waals surface area contributed by atoms with Gasteiger partial charge in [-0.05, 0) is 13.8 Å². The summed E-state index contributed by atoms with van der Waals surface area (Å²) in [6, 6.07) is 0. The van der Waals surface area contributed by atoms with Crippen LogP contribution in [0.2, 0.25) is 0 Å². The Labute approximate surface area is 72.2 Å². The summed E-state index contributed by atoms with van der Waals surface area (Å²) in [6.45, 7) is 5.16. The molecule has 0 aliphatic rings. The molecule has 0 aromatic rings. The molecule has 0 aliphatic carbocycles. The lowest BCUT2D eigenvalue weighted by molar-refractivity contribution is -0.237. The summed E-state index contributed by atoms with van der Waals surface area (Å²) in [5.41, 5.74) is 0. The second kappa shape index (κ2) is 4.42. The number of aliphatic hydroxyl groups is 1. The molecule has 0 bridgehead atoms. The van der Waals surface area contributed by atoms with Crippen LogP contribution in [-0.2, 0) is 9.53 Å². The summed E-state index contributed by atoms with van der Waals surface area (Å²) >= 11 is 0. The second-order valence-electron chi connectivity index (χ2n) is 3.01. The first kappa shape index (κ1) is 11.4. The van der Waals surface area contributed by atoms with E-state index in [1.165, 1.54) is 0 Å². The number of carboxylic acid groups (broad SMARTS) is 1. The molecule has 4 nitrogen and oxygen atoms in total. The van der Waals surface area contributed by atoms with Crippen LogP contribution >= 0.6 is 0 Å². The highest BCUT2D eigenvalue weighted by Gasteiger charge is 2.37. The molecular formula is C8H16O4. The minimum Gasteiger partial charge on any atom is -0.477 e. The highest BCUT2D eigenvalue weighted by atomic mass is 16.7. The van der Waals surface area contributed by atoms with Crippen LogP contribution in [0.5, 0.6) is 0 Å². The van der Waals surface area contributed by atoms with E-state index >= 15 is 0 Å². The Morgan fingerprint density at radius 1 is 1.58 bits per heavy atom. The van der Waals surface area contributed by atoms with Crippen molar-refractivity contribution < 1.29 is 19.7 Å². The summed E-state index contributed by atoms with van der Waals surface area (Å²) in [7, 11) is 0. The minimum atomic E-state index is -2.01. The summed E-state index contributed by atoms with van der Waals surface area (Å²) in [6.07, 6.45) is 0.383. The predicted octanol–water partition coefficient (Wildman–Crippen LogP) is 0.985. The van der Waals surface area contributed by atoms with Crippen molar-refractivity contribution in [1.29, 1.82) is 0 Å². The molecule has 12 heavy (non-hydrogen) atoms. The highest BCUT2D eigenvalue weighted by Crippen LogP contribution is 2.17. The highest BCUT2D eigenvalue weighted by molar-refractivity contribution is 5.75. The third-order valence-electron chi connectivity index (χ3n) is 1.35. The van der Waals surface area contributed by atoms with Crippen molar-refractivity contribution in [3.05, 3.63) is 0 Å². The number of ether oxygens (including phenoxy) is 1. The molecule has 0 radical (unpaired) electrons. The van der Waals surface area contributed by atoms with E-state index in [1.807, 2.05) is 0 Å². The first-order valence-corrected chi connectivity index (χ1v) is 4.06. The van der Waals surface area contributed by atoms with Crippen LogP contribution in [0.1, 0.15) is 33.6 Å². The van der Waals surface area contributed by atoms with Gasteiger partial charge in [0, 0.05) is 6.42 Å². The van der Waals surface area contributed by atoms with E-state index in [0.717, 1.165) is 0 Å². The third kappa shape index (κ3) is 3.19. The van der Waals surface area contributed by atoms with Crippen LogP contribution in [0.4, 0.5) is 0 Å². The van der Waals surface area contributed by atoms with E-state index in [9.17, 15) is 9.90 Å². The van der Waals surface area contributed by atoms with Crippen molar-refractivity contribution in [3.63, 3.8) is 0 Å². The molecule has 0 heterocycles. The molecule has 0 spiro atoms. The summed E-state index contributed by atoms with van der Waals surface area (Å²) in [5.74, 6) is -3.33. The van der Waals surface area contributed by atoms with Gasteiger partial charge < -0.3 is 14.9 Å². The molecule has 2 N–H and O–H groups in total. The van der Waals surface area contributed by atoms with Gasteiger partial charge in [-0.1, -0.05) is 13.3 Å². The van der Waals surface area contributed by atoms with Gasteiger partial charge in [0.2, 0.25) is 0 Å². The lowest BCUT2D eigenvalue weighted by Gasteiger charge is -2.25. The molecule has 72 valence electrons. The number of carboxylic acids is 1. The number of rotatable bonds is 5. The Balaban J connectivity index is 4.28. The normalized spacial score (nSPS) is 16.1. The fourth-order valence-corrected chi connectivity index (χ4v) is 0.945. The standard InChI is InChI=1S/C8H16O4/c1-4-5-8(11,7(9)10)12-6(2)3/h6,11H,4-5H2,1-3H3,(H,9,10). The van der Waals surface area contributed by atoms with Gasteiger partial charge >= 0.3 is 5.97 Å². The Kier molecular flexibility index (Phi) is 4.20. The molecule has 0 aromatic carbocycles. The lowest BCUT2D eigenvalue weighted by Crippen LogP contribution is -2.43. The van der Waals surface area contributed by atoms with Crippen LogP contribution in [-0.4, -0.2) is 28.1 Å². The Morgan fingerprint density at radius 3 is 2.33 bits per heavy atom. The smallest absolute Gasteiger partial charge is 0.364 e. The molecule has 0 saturated carbocycles. The monoisotopic (exact) mass is 176 g/mol. The maximum Gasteiger partial charge on any atom is 0.364 e. The molecule has 0 aromatic heterocycles. The Bertz CT molecular complexity index is 155. The van der Waals surface area contributed by atoms with Crippen LogP contribution in [0.3, 0.4) is 0 Å². The molecule has 0 rings (SSSR count). The molecule has 4 heteroatoms. The first-order valence-electron chi connectivity index (χ1n) is 4.06. The van der Waals surface area contributed by atoms with E-state index in [4.69, 9.17) is 9.84 Å². The van der Waals surface area contributed by atoms with Crippen molar-refractivity contribution in [2.24, 2.45) is 0 Å². The summed E-state index contributed by atoms with van der Waals surface area (Å²) < 4.78 is 4.90. The van der Waals surface area contributed by atoms with E-state index in [1.54, 1.807) is 20.8 Å². The van der Waals surface area contributed by atoms with Crippen molar-refractivity contribution in [3.8, 4) is 0 Å². The number of hydrogen-bond donors (Lipinski definition) is 2. The average Bonchev–Trinajstić information content (AvgIpc) is 1.85. The number of carbonyl (C=O) groups is 1. The summed E-state index contributed by atoms with van der Waals surface area (Å²) in [5, 5.41) is 18.1. The molecule has 0 saturated heterocycles. The zero-order valence-corrected chi connectivity index (χ0v) is 7.70. The van der Waals surface area contributed by atoms with E-state index < -0.39 is 11.8 Å². The number of hydrogen-bond acceptors (Lipinski definition) is 3. The van der Waals surface area contributed by atoms with Crippen LogP contribution in [0.25, 0.3) is 0 Å². The molecule has 0 fully saturated rings. The molecule has 0 aliphatic heterocycles. The third-order valence-corrected chi connectivity index (χ3v) is 1.35. The summed E-state index contributed by atoms with van der Waals surface area (Å²) in [4.78, 5) is 10.6.